The number of rotatable bonds is 1. The molecule has 0 saturated heterocycles. The first-order valence-electron chi connectivity index (χ1n) is 4.42. The van der Waals surface area contributed by atoms with Crippen LogP contribution in [0.25, 0.3) is 0 Å². The number of amides is 2. The summed E-state index contributed by atoms with van der Waals surface area (Å²) < 4.78 is 0. The van der Waals surface area contributed by atoms with Crippen molar-refractivity contribution in [2.45, 2.75) is 6.92 Å². The molecule has 8 nitrogen and oxygen atoms in total. The first-order valence-corrected chi connectivity index (χ1v) is 4.42. The van der Waals surface area contributed by atoms with Gasteiger partial charge in [0.1, 0.15) is 11.5 Å². The second kappa shape index (κ2) is 9.46. The smallest absolute Gasteiger partial charge is 0.309 e. The molecule has 0 aliphatic carbocycles. The molecule has 2 amide bonds. The van der Waals surface area contributed by atoms with E-state index < -0.39 is 12.0 Å². The maximum atomic E-state index is 10.1. The van der Waals surface area contributed by atoms with E-state index in [1.165, 1.54) is 18.2 Å². The van der Waals surface area contributed by atoms with Gasteiger partial charge in [-0.1, -0.05) is 6.07 Å². The lowest BCUT2D eigenvalue weighted by atomic mass is 10.2. The standard InChI is InChI=1S/C7H6O3.C2H4O2.CH4N2O/c8-4-5-6(9)2-1-3-7(5)10;1-2(3)4;2-1(3)4/h1-4,9-10H;1H3,(H,3,4);(H4,2,3,4). The van der Waals surface area contributed by atoms with Crippen LogP contribution in [0.3, 0.4) is 0 Å². The summed E-state index contributed by atoms with van der Waals surface area (Å²) in [6.07, 6.45) is 0.407. The molecule has 1 rings (SSSR count). The highest BCUT2D eigenvalue weighted by Crippen LogP contribution is 2.23. The number of carbonyl (C=O) groups is 3. The number of primary amides is 2. The molecule has 0 saturated carbocycles. The van der Waals surface area contributed by atoms with E-state index in [9.17, 15) is 4.79 Å². The van der Waals surface area contributed by atoms with Crippen LogP contribution in [0, 0.1) is 0 Å². The zero-order valence-electron chi connectivity index (χ0n) is 9.53. The summed E-state index contributed by atoms with van der Waals surface area (Å²) in [6.45, 7) is 1.08. The molecule has 7 N–H and O–H groups in total. The van der Waals surface area contributed by atoms with E-state index in [2.05, 4.69) is 11.5 Å². The van der Waals surface area contributed by atoms with Crippen LogP contribution >= 0.6 is 0 Å². The van der Waals surface area contributed by atoms with Crippen molar-refractivity contribution >= 4 is 18.3 Å². The number of aldehydes is 1. The van der Waals surface area contributed by atoms with Crippen LogP contribution in [0.15, 0.2) is 18.2 Å². The van der Waals surface area contributed by atoms with Crippen LogP contribution in [0.5, 0.6) is 11.5 Å². The van der Waals surface area contributed by atoms with Crippen LogP contribution in [-0.2, 0) is 4.79 Å². The first kappa shape index (κ1) is 17.6. The van der Waals surface area contributed by atoms with Gasteiger partial charge >= 0.3 is 6.03 Å². The third kappa shape index (κ3) is 11.3. The number of carboxylic acid groups (broad SMARTS) is 1. The maximum Gasteiger partial charge on any atom is 0.309 e. The Balaban J connectivity index is 0. The number of urea groups is 1. The quantitative estimate of drug-likeness (QED) is 0.445. The molecule has 0 aliphatic heterocycles. The molecule has 0 aromatic heterocycles. The number of aliphatic carboxylic acids is 1. The minimum Gasteiger partial charge on any atom is -0.507 e. The number of hydrogen-bond donors (Lipinski definition) is 5. The van der Waals surface area contributed by atoms with Crippen LogP contribution in [0.2, 0.25) is 0 Å². The van der Waals surface area contributed by atoms with E-state index in [4.69, 9.17) is 24.9 Å². The van der Waals surface area contributed by atoms with Crippen molar-refractivity contribution < 1.29 is 29.7 Å². The fourth-order valence-electron chi connectivity index (χ4n) is 0.662. The summed E-state index contributed by atoms with van der Waals surface area (Å²) in [4.78, 5) is 28.1. The van der Waals surface area contributed by atoms with Gasteiger partial charge in [0, 0.05) is 6.92 Å². The second-order valence-electron chi connectivity index (χ2n) is 2.75. The molecule has 0 aliphatic rings. The van der Waals surface area contributed by atoms with E-state index in [1.54, 1.807) is 0 Å². The number of hydrogen-bond acceptors (Lipinski definition) is 5. The fourth-order valence-corrected chi connectivity index (χ4v) is 0.662. The van der Waals surface area contributed by atoms with Gasteiger partial charge in [-0.25, -0.2) is 4.79 Å². The lowest BCUT2D eigenvalue weighted by Gasteiger charge is -1.97. The molecule has 1 aromatic carbocycles. The molecular formula is C10H14N2O6. The van der Waals surface area contributed by atoms with Crippen LogP contribution < -0.4 is 11.5 Å². The lowest BCUT2D eigenvalue weighted by Crippen LogP contribution is -2.18. The number of phenolic OH excluding ortho intramolecular Hbond substituents is 2. The van der Waals surface area contributed by atoms with Crippen LogP contribution in [0.1, 0.15) is 17.3 Å². The van der Waals surface area contributed by atoms with E-state index in [0.717, 1.165) is 6.92 Å². The molecule has 1 aromatic rings. The summed E-state index contributed by atoms with van der Waals surface area (Å²) >= 11 is 0. The second-order valence-corrected chi connectivity index (χ2v) is 2.75. The Kier molecular flexibility index (Phi) is 9.26. The van der Waals surface area contributed by atoms with Crippen molar-refractivity contribution in [2.75, 3.05) is 0 Å². The summed E-state index contributed by atoms with van der Waals surface area (Å²) in [5.74, 6) is -1.23. The van der Waals surface area contributed by atoms with Gasteiger partial charge in [0.15, 0.2) is 6.29 Å². The fraction of sp³-hybridized carbons (Fsp3) is 0.100. The summed E-state index contributed by atoms with van der Waals surface area (Å²) in [7, 11) is 0. The Labute approximate surface area is 102 Å². The monoisotopic (exact) mass is 258 g/mol. The average molecular weight is 258 g/mol. The van der Waals surface area contributed by atoms with Gasteiger partial charge in [-0.2, -0.15) is 0 Å². The number of carbonyl (C=O) groups excluding carboxylic acids is 2. The largest absolute Gasteiger partial charge is 0.507 e. The van der Waals surface area contributed by atoms with Gasteiger partial charge < -0.3 is 26.8 Å². The molecule has 0 unspecified atom stereocenters. The zero-order chi connectivity index (χ0) is 14.7. The van der Waals surface area contributed by atoms with E-state index in [0.29, 0.717) is 6.29 Å². The van der Waals surface area contributed by atoms with E-state index in [-0.39, 0.29) is 17.1 Å². The van der Waals surface area contributed by atoms with Gasteiger partial charge in [0.05, 0.1) is 5.56 Å². The summed E-state index contributed by atoms with van der Waals surface area (Å²) in [5.41, 5.74) is 8.43. The predicted octanol–water partition coefficient (Wildman–Crippen LogP) is 0.0250. The number of benzene rings is 1. The van der Waals surface area contributed by atoms with Gasteiger partial charge in [-0.05, 0) is 12.1 Å². The SMILES string of the molecule is CC(=O)O.NC(N)=O.O=Cc1c(O)cccc1O. The maximum absolute atomic E-state index is 10.1. The third-order valence-corrected chi connectivity index (χ3v) is 1.18. The Morgan fingerprint density at radius 1 is 1.17 bits per heavy atom. The van der Waals surface area contributed by atoms with Crippen molar-refractivity contribution in [1.29, 1.82) is 0 Å². The molecular weight excluding hydrogens is 244 g/mol. The average Bonchev–Trinajstić information content (AvgIpc) is 2.16. The molecule has 0 spiro atoms. The molecule has 8 heteroatoms. The molecule has 0 atom stereocenters. The third-order valence-electron chi connectivity index (χ3n) is 1.18. The van der Waals surface area contributed by atoms with E-state index in [1.807, 2.05) is 0 Å². The van der Waals surface area contributed by atoms with Gasteiger partial charge in [0.25, 0.3) is 5.97 Å². The molecule has 100 valence electrons. The number of phenols is 2. The summed E-state index contributed by atoms with van der Waals surface area (Å²) in [6, 6.07) is 3.30. The highest BCUT2D eigenvalue weighted by atomic mass is 16.4. The Morgan fingerprint density at radius 3 is 1.61 bits per heavy atom. The normalized spacial score (nSPS) is 7.83. The lowest BCUT2D eigenvalue weighted by molar-refractivity contribution is -0.134. The molecule has 0 heterocycles. The number of nitrogens with two attached hydrogens (primary N) is 2. The molecule has 0 bridgehead atoms. The molecule has 0 radical (unpaired) electrons. The summed E-state index contributed by atoms with van der Waals surface area (Å²) in [5, 5.41) is 25.2. The highest BCUT2D eigenvalue weighted by Gasteiger charge is 2.02. The minimum absolute atomic E-state index is 0.0671. The van der Waals surface area contributed by atoms with Crippen molar-refractivity contribution in [1.82, 2.24) is 0 Å². The number of carboxylic acids is 1. The minimum atomic E-state index is -0.833. The number of aromatic hydroxyl groups is 2. The van der Waals surface area contributed by atoms with Crippen molar-refractivity contribution in [3.8, 4) is 11.5 Å². The van der Waals surface area contributed by atoms with Crippen molar-refractivity contribution in [3.05, 3.63) is 23.8 Å². The molecule has 18 heavy (non-hydrogen) atoms. The molecule has 0 fully saturated rings. The van der Waals surface area contributed by atoms with Crippen LogP contribution in [0.4, 0.5) is 4.79 Å². The highest BCUT2D eigenvalue weighted by molar-refractivity contribution is 5.83. The van der Waals surface area contributed by atoms with Crippen molar-refractivity contribution in [3.63, 3.8) is 0 Å². The van der Waals surface area contributed by atoms with Crippen molar-refractivity contribution in [2.24, 2.45) is 11.5 Å². The topological polar surface area (TPSA) is 164 Å². The van der Waals surface area contributed by atoms with Gasteiger partial charge in [-0.15, -0.1) is 0 Å². The predicted molar refractivity (Wildman–Crippen MR) is 62.2 cm³/mol. The van der Waals surface area contributed by atoms with Gasteiger partial charge in [-0.3, -0.25) is 9.59 Å². The first-order chi connectivity index (χ1) is 8.22. The zero-order valence-corrected chi connectivity index (χ0v) is 9.53. The Hall–Kier alpha value is -2.77. The van der Waals surface area contributed by atoms with Gasteiger partial charge in [0.2, 0.25) is 0 Å². The Bertz CT molecular complexity index is 379. The van der Waals surface area contributed by atoms with E-state index >= 15 is 0 Å². The van der Waals surface area contributed by atoms with Crippen LogP contribution in [-0.4, -0.2) is 33.6 Å². The Morgan fingerprint density at radius 2 is 1.44 bits per heavy atom.